The lowest BCUT2D eigenvalue weighted by molar-refractivity contribution is -0.0333. The summed E-state index contributed by atoms with van der Waals surface area (Å²) in [4.78, 5) is 11.8. The van der Waals surface area contributed by atoms with E-state index in [0.29, 0.717) is 5.15 Å². The van der Waals surface area contributed by atoms with E-state index in [1.165, 1.54) is 37.7 Å². The topological polar surface area (TPSA) is 61.8 Å². The maximum atomic E-state index is 5.86. The maximum absolute atomic E-state index is 5.86. The van der Waals surface area contributed by atoms with Crippen molar-refractivity contribution in [3.63, 3.8) is 0 Å². The van der Waals surface area contributed by atoms with Crippen molar-refractivity contribution >= 4 is 41.5 Å². The second-order valence-corrected chi connectivity index (χ2v) is 8.13. The number of hydrogen-bond acceptors (Lipinski definition) is 4. The maximum Gasteiger partial charge on any atom is 0.191 e. The fourth-order valence-corrected chi connectivity index (χ4v) is 4.38. The molecule has 0 aromatic carbocycles. The highest BCUT2D eigenvalue weighted by Gasteiger charge is 2.38. The molecule has 2 heterocycles. The highest BCUT2D eigenvalue weighted by molar-refractivity contribution is 14.0. The Balaban J connectivity index is 0.00000300. The van der Waals surface area contributed by atoms with Crippen LogP contribution in [0.4, 0.5) is 0 Å². The lowest BCUT2D eigenvalue weighted by Crippen LogP contribution is -2.56. The van der Waals surface area contributed by atoms with Gasteiger partial charge in [0.1, 0.15) is 5.15 Å². The third kappa shape index (κ3) is 7.52. The molecule has 2 aliphatic rings. The first-order valence-electron chi connectivity index (χ1n) is 10.7. The molecule has 164 valence electrons. The quantitative estimate of drug-likeness (QED) is 0.242. The van der Waals surface area contributed by atoms with Crippen LogP contribution < -0.4 is 10.6 Å². The third-order valence-corrected chi connectivity index (χ3v) is 6.06. The molecule has 1 aliphatic carbocycles. The number of pyridine rings is 1. The molecule has 8 heteroatoms. The van der Waals surface area contributed by atoms with Crippen molar-refractivity contribution in [2.45, 2.75) is 51.0 Å². The van der Waals surface area contributed by atoms with Crippen LogP contribution >= 0.6 is 35.6 Å². The molecule has 0 spiro atoms. The lowest BCUT2D eigenvalue weighted by Gasteiger charge is -2.47. The molecule has 1 aliphatic heterocycles. The van der Waals surface area contributed by atoms with Gasteiger partial charge in [0.25, 0.3) is 0 Å². The summed E-state index contributed by atoms with van der Waals surface area (Å²) in [6, 6.07) is 3.86. The average molecular weight is 536 g/mol. The van der Waals surface area contributed by atoms with Crippen LogP contribution in [0.2, 0.25) is 5.15 Å². The van der Waals surface area contributed by atoms with Gasteiger partial charge in [-0.2, -0.15) is 0 Å². The van der Waals surface area contributed by atoms with Crippen molar-refractivity contribution in [1.29, 1.82) is 0 Å². The van der Waals surface area contributed by atoms with Crippen LogP contribution in [0, 0.1) is 0 Å². The van der Waals surface area contributed by atoms with Gasteiger partial charge in [-0.3, -0.25) is 9.89 Å². The van der Waals surface area contributed by atoms with Crippen molar-refractivity contribution in [2.75, 3.05) is 45.9 Å². The predicted octanol–water partition coefficient (Wildman–Crippen LogP) is 3.49. The predicted molar refractivity (Wildman–Crippen MR) is 131 cm³/mol. The van der Waals surface area contributed by atoms with Crippen LogP contribution in [0.5, 0.6) is 0 Å². The largest absolute Gasteiger partial charge is 0.379 e. The average Bonchev–Trinajstić information content (AvgIpc) is 2.75. The van der Waals surface area contributed by atoms with Crippen LogP contribution in [0.15, 0.2) is 23.3 Å². The minimum atomic E-state index is 0. The number of ether oxygens (including phenoxy) is 1. The minimum absolute atomic E-state index is 0. The Bertz CT molecular complexity index is 616. The van der Waals surface area contributed by atoms with Crippen molar-refractivity contribution in [3.8, 4) is 0 Å². The highest BCUT2D eigenvalue weighted by atomic mass is 127. The van der Waals surface area contributed by atoms with Crippen LogP contribution in [-0.2, 0) is 11.2 Å². The van der Waals surface area contributed by atoms with Crippen molar-refractivity contribution in [1.82, 2.24) is 20.5 Å². The number of hydrogen-bond donors (Lipinski definition) is 2. The van der Waals surface area contributed by atoms with E-state index in [0.717, 1.165) is 58.3 Å². The molecule has 0 atom stereocenters. The van der Waals surface area contributed by atoms with Crippen molar-refractivity contribution in [2.24, 2.45) is 4.99 Å². The molecule has 0 radical (unpaired) electrons. The Morgan fingerprint density at radius 1 is 1.21 bits per heavy atom. The van der Waals surface area contributed by atoms with E-state index in [1.807, 2.05) is 18.3 Å². The van der Waals surface area contributed by atoms with Gasteiger partial charge in [0.15, 0.2) is 5.96 Å². The standard InChI is InChI=1S/C21H34ClN5O.HI/c1-2-23-20(24-11-8-18-6-7-19(22)25-16-18)26-17-21(9-4-3-5-10-21)27-12-14-28-15-13-27;/h6-7,16H,2-5,8-15,17H2,1H3,(H2,23,24,26);1H. The monoisotopic (exact) mass is 535 g/mol. The smallest absolute Gasteiger partial charge is 0.191 e. The summed E-state index contributed by atoms with van der Waals surface area (Å²) in [6.45, 7) is 8.39. The first kappa shape index (κ1) is 24.6. The lowest BCUT2D eigenvalue weighted by atomic mass is 9.80. The fraction of sp³-hybridized carbons (Fsp3) is 0.714. The molecule has 1 aromatic rings. The number of morpholine rings is 1. The first-order valence-corrected chi connectivity index (χ1v) is 11.0. The SMILES string of the molecule is CCNC(=NCC1(N2CCOCC2)CCCCC1)NCCc1ccc(Cl)nc1.I. The zero-order valence-electron chi connectivity index (χ0n) is 17.5. The van der Waals surface area contributed by atoms with Gasteiger partial charge >= 0.3 is 0 Å². The van der Waals surface area contributed by atoms with Crippen LogP contribution in [0.1, 0.15) is 44.6 Å². The Kier molecular flexibility index (Phi) is 11.0. The molecule has 2 N–H and O–H groups in total. The molecule has 1 saturated heterocycles. The molecule has 1 saturated carbocycles. The van der Waals surface area contributed by atoms with Gasteiger partial charge in [-0.25, -0.2) is 4.98 Å². The number of nitrogens with one attached hydrogen (secondary N) is 2. The zero-order chi connectivity index (χ0) is 19.7. The van der Waals surface area contributed by atoms with Gasteiger partial charge in [-0.05, 0) is 37.8 Å². The molecule has 29 heavy (non-hydrogen) atoms. The number of guanidine groups is 1. The first-order chi connectivity index (χ1) is 13.7. The molecule has 0 bridgehead atoms. The number of nitrogens with zero attached hydrogens (tertiary/aromatic N) is 3. The fourth-order valence-electron chi connectivity index (χ4n) is 4.27. The van der Waals surface area contributed by atoms with Gasteiger partial charge in [0.05, 0.1) is 19.8 Å². The van der Waals surface area contributed by atoms with E-state index in [4.69, 9.17) is 21.3 Å². The number of aromatic nitrogens is 1. The van der Waals surface area contributed by atoms with E-state index in [1.54, 1.807) is 0 Å². The normalized spacial score (nSPS) is 20.0. The molecule has 0 unspecified atom stereocenters. The number of aliphatic imine (C=N–C) groups is 1. The van der Waals surface area contributed by atoms with E-state index in [9.17, 15) is 0 Å². The Hall–Kier alpha value is -0.640. The molecular formula is C21H35ClIN5O. The van der Waals surface area contributed by atoms with Crippen molar-refractivity contribution in [3.05, 3.63) is 29.0 Å². The molecule has 3 rings (SSSR count). The Morgan fingerprint density at radius 3 is 2.62 bits per heavy atom. The second kappa shape index (κ2) is 12.9. The molecule has 2 fully saturated rings. The van der Waals surface area contributed by atoms with Crippen LogP contribution in [0.3, 0.4) is 0 Å². The van der Waals surface area contributed by atoms with E-state index < -0.39 is 0 Å². The Labute approximate surface area is 197 Å². The van der Waals surface area contributed by atoms with Gasteiger partial charge in [0.2, 0.25) is 0 Å². The van der Waals surface area contributed by atoms with Crippen molar-refractivity contribution < 1.29 is 4.74 Å². The minimum Gasteiger partial charge on any atom is -0.379 e. The van der Waals surface area contributed by atoms with Gasteiger partial charge < -0.3 is 15.4 Å². The van der Waals surface area contributed by atoms with Gasteiger partial charge in [0, 0.05) is 37.9 Å². The molecule has 1 aromatic heterocycles. The summed E-state index contributed by atoms with van der Waals surface area (Å²) in [6.07, 6.45) is 9.18. The second-order valence-electron chi connectivity index (χ2n) is 7.75. The number of rotatable bonds is 7. The van der Waals surface area contributed by atoms with Gasteiger partial charge in [-0.1, -0.05) is 36.9 Å². The zero-order valence-corrected chi connectivity index (χ0v) is 20.5. The summed E-state index contributed by atoms with van der Waals surface area (Å²) in [5.74, 6) is 0.905. The summed E-state index contributed by atoms with van der Waals surface area (Å²) in [7, 11) is 0. The summed E-state index contributed by atoms with van der Waals surface area (Å²) >= 11 is 5.86. The summed E-state index contributed by atoms with van der Waals surface area (Å²) in [5.41, 5.74) is 1.37. The number of halogens is 2. The summed E-state index contributed by atoms with van der Waals surface area (Å²) in [5, 5.41) is 7.41. The molecular weight excluding hydrogens is 501 g/mol. The van der Waals surface area contributed by atoms with Crippen LogP contribution in [-0.4, -0.2) is 67.3 Å². The highest BCUT2D eigenvalue weighted by Crippen LogP contribution is 2.34. The van der Waals surface area contributed by atoms with Crippen LogP contribution in [0.25, 0.3) is 0 Å². The van der Waals surface area contributed by atoms with E-state index in [-0.39, 0.29) is 29.5 Å². The Morgan fingerprint density at radius 2 is 1.97 bits per heavy atom. The summed E-state index contributed by atoms with van der Waals surface area (Å²) < 4.78 is 5.59. The van der Waals surface area contributed by atoms with E-state index in [2.05, 4.69) is 27.4 Å². The molecule has 0 amide bonds. The van der Waals surface area contributed by atoms with Gasteiger partial charge in [-0.15, -0.1) is 24.0 Å². The van der Waals surface area contributed by atoms with E-state index >= 15 is 0 Å². The third-order valence-electron chi connectivity index (χ3n) is 5.84. The molecule has 6 nitrogen and oxygen atoms in total.